The summed E-state index contributed by atoms with van der Waals surface area (Å²) in [6.45, 7) is 2.55. The fourth-order valence-corrected chi connectivity index (χ4v) is 3.24. The smallest absolute Gasteiger partial charge is 0.259 e. The summed E-state index contributed by atoms with van der Waals surface area (Å²) in [4.78, 5) is 11.3. The Labute approximate surface area is 173 Å². The first kappa shape index (κ1) is 20.2. The molecule has 0 saturated carbocycles. The Morgan fingerprint density at radius 1 is 1.17 bits per heavy atom. The number of hydrogen-bond donors (Lipinski definition) is 1. The second kappa shape index (κ2) is 9.13. The van der Waals surface area contributed by atoms with E-state index in [0.29, 0.717) is 35.3 Å². The van der Waals surface area contributed by atoms with Gasteiger partial charge in [0.05, 0.1) is 11.6 Å². The van der Waals surface area contributed by atoms with Crippen LogP contribution in [0.1, 0.15) is 18.1 Å². The molecule has 6 heteroatoms. The summed E-state index contributed by atoms with van der Waals surface area (Å²) in [6, 6.07) is 19.1. The van der Waals surface area contributed by atoms with E-state index in [1.54, 1.807) is 18.2 Å². The van der Waals surface area contributed by atoms with Crippen LogP contribution in [0.15, 0.2) is 60.2 Å². The van der Waals surface area contributed by atoms with Gasteiger partial charge in [0, 0.05) is 0 Å². The third kappa shape index (κ3) is 4.68. The van der Waals surface area contributed by atoms with Crippen LogP contribution in [0, 0.1) is 11.3 Å². The molecule has 1 amide bonds. The highest BCUT2D eigenvalue weighted by Crippen LogP contribution is 2.38. The number of halogens is 1. The molecule has 5 nitrogen and oxygen atoms in total. The molecule has 0 aliphatic heterocycles. The van der Waals surface area contributed by atoms with Crippen molar-refractivity contribution in [3.05, 3.63) is 76.3 Å². The molecule has 0 spiro atoms. The molecule has 0 heterocycles. The number of carbonyl (C=O) groups excluding carboxylic acids is 1. The summed E-state index contributed by atoms with van der Waals surface area (Å²) >= 11 is 6.43. The second-order valence-electron chi connectivity index (χ2n) is 6.22. The van der Waals surface area contributed by atoms with E-state index < -0.39 is 5.91 Å². The summed E-state index contributed by atoms with van der Waals surface area (Å²) < 4.78 is 11.7. The van der Waals surface area contributed by atoms with E-state index in [9.17, 15) is 4.79 Å². The van der Waals surface area contributed by atoms with Gasteiger partial charge in [-0.1, -0.05) is 54.1 Å². The number of fused-ring (bicyclic) bond motifs is 1. The molecule has 146 valence electrons. The lowest BCUT2D eigenvalue weighted by atomic mass is 10.1. The molecule has 0 aliphatic carbocycles. The highest BCUT2D eigenvalue weighted by atomic mass is 35.5. The van der Waals surface area contributed by atoms with Gasteiger partial charge < -0.3 is 15.2 Å². The lowest BCUT2D eigenvalue weighted by Crippen LogP contribution is -2.12. The number of nitrogens with zero attached hydrogens (tertiary/aromatic N) is 1. The quantitative estimate of drug-likeness (QED) is 0.448. The van der Waals surface area contributed by atoms with Crippen molar-refractivity contribution < 1.29 is 14.3 Å². The molecular formula is C23H19ClN2O3. The van der Waals surface area contributed by atoms with Crippen molar-refractivity contribution in [1.82, 2.24) is 0 Å². The first-order valence-electron chi connectivity index (χ1n) is 9.01. The van der Waals surface area contributed by atoms with Gasteiger partial charge in [0.15, 0.2) is 11.5 Å². The Kier molecular flexibility index (Phi) is 6.38. The summed E-state index contributed by atoms with van der Waals surface area (Å²) in [5.41, 5.74) is 6.56. The van der Waals surface area contributed by atoms with Crippen molar-refractivity contribution in [3.8, 4) is 17.6 Å². The minimum absolute atomic E-state index is 0.173. The fourth-order valence-electron chi connectivity index (χ4n) is 2.97. The molecule has 0 saturated heterocycles. The molecular weight excluding hydrogens is 388 g/mol. The third-order valence-corrected chi connectivity index (χ3v) is 4.56. The largest absolute Gasteiger partial charge is 0.490 e. The van der Waals surface area contributed by atoms with Crippen molar-refractivity contribution in [3.63, 3.8) is 0 Å². The topological polar surface area (TPSA) is 85.3 Å². The SMILES string of the molecule is CCOc1cc(/C=C(\C#N)C(N)=O)cc(Cl)c1OCc1cccc2ccccc12. The molecule has 0 atom stereocenters. The van der Waals surface area contributed by atoms with E-state index in [-0.39, 0.29) is 5.57 Å². The monoisotopic (exact) mass is 406 g/mol. The molecule has 2 N–H and O–H groups in total. The highest BCUT2D eigenvalue weighted by molar-refractivity contribution is 6.32. The minimum atomic E-state index is -0.808. The van der Waals surface area contributed by atoms with Gasteiger partial charge in [-0.2, -0.15) is 5.26 Å². The zero-order valence-corrected chi connectivity index (χ0v) is 16.6. The van der Waals surface area contributed by atoms with Gasteiger partial charge in [-0.3, -0.25) is 4.79 Å². The predicted octanol–water partition coefficient (Wildman–Crippen LogP) is 4.86. The van der Waals surface area contributed by atoms with E-state index in [2.05, 4.69) is 0 Å². The number of hydrogen-bond acceptors (Lipinski definition) is 4. The lowest BCUT2D eigenvalue weighted by molar-refractivity contribution is -0.114. The molecule has 0 unspecified atom stereocenters. The van der Waals surface area contributed by atoms with Crippen LogP contribution in [0.3, 0.4) is 0 Å². The number of nitrogens with two attached hydrogens (primary N) is 1. The first-order chi connectivity index (χ1) is 14.0. The van der Waals surface area contributed by atoms with Crippen molar-refractivity contribution in [2.24, 2.45) is 5.73 Å². The molecule has 29 heavy (non-hydrogen) atoms. The number of amides is 1. The van der Waals surface area contributed by atoms with Crippen LogP contribution in [-0.4, -0.2) is 12.5 Å². The lowest BCUT2D eigenvalue weighted by Gasteiger charge is -2.15. The van der Waals surface area contributed by atoms with E-state index >= 15 is 0 Å². The third-order valence-electron chi connectivity index (χ3n) is 4.28. The maximum Gasteiger partial charge on any atom is 0.259 e. The standard InChI is InChI=1S/C23H19ClN2O3/c1-2-28-21-12-15(10-18(13-25)23(26)27)11-20(24)22(21)29-14-17-8-5-7-16-6-3-4-9-19(16)17/h3-12H,2,14H2,1H3,(H2,26,27)/b18-10+. The normalized spacial score (nSPS) is 11.1. The Morgan fingerprint density at radius 2 is 1.93 bits per heavy atom. The van der Waals surface area contributed by atoms with Crippen LogP contribution >= 0.6 is 11.6 Å². The van der Waals surface area contributed by atoms with Gasteiger partial charge in [0.1, 0.15) is 18.2 Å². The number of primary amides is 1. The first-order valence-corrected chi connectivity index (χ1v) is 9.38. The summed E-state index contributed by atoms with van der Waals surface area (Å²) in [5.74, 6) is 0.0160. The number of benzene rings is 3. The molecule has 3 aromatic carbocycles. The van der Waals surface area contributed by atoms with Crippen LogP contribution < -0.4 is 15.2 Å². The second-order valence-corrected chi connectivity index (χ2v) is 6.63. The molecule has 0 aliphatic rings. The molecule has 3 rings (SSSR count). The van der Waals surface area contributed by atoms with Gasteiger partial charge >= 0.3 is 0 Å². The van der Waals surface area contributed by atoms with E-state index in [0.717, 1.165) is 16.3 Å². The van der Waals surface area contributed by atoms with Gasteiger partial charge in [0.2, 0.25) is 0 Å². The van der Waals surface area contributed by atoms with Gasteiger partial charge in [-0.05, 0) is 47.0 Å². The Balaban J connectivity index is 1.94. The maximum absolute atomic E-state index is 11.3. The van der Waals surface area contributed by atoms with Gasteiger partial charge in [-0.15, -0.1) is 0 Å². The van der Waals surface area contributed by atoms with Crippen LogP contribution in [0.2, 0.25) is 5.02 Å². The van der Waals surface area contributed by atoms with Crippen molar-refractivity contribution in [2.75, 3.05) is 6.61 Å². The van der Waals surface area contributed by atoms with Crippen LogP contribution in [0.25, 0.3) is 16.8 Å². The average Bonchev–Trinajstić information content (AvgIpc) is 2.71. The fraction of sp³-hybridized carbons (Fsp3) is 0.130. The molecule has 0 bridgehead atoms. The minimum Gasteiger partial charge on any atom is -0.490 e. The Bertz CT molecular complexity index is 1130. The maximum atomic E-state index is 11.3. The number of rotatable bonds is 7. The molecule has 0 fully saturated rings. The predicted molar refractivity (Wildman–Crippen MR) is 114 cm³/mol. The van der Waals surface area contributed by atoms with Crippen LogP contribution in [0.5, 0.6) is 11.5 Å². The summed E-state index contributed by atoms with van der Waals surface area (Å²) in [5, 5.41) is 11.6. The van der Waals surface area contributed by atoms with Gasteiger partial charge in [-0.25, -0.2) is 0 Å². The van der Waals surface area contributed by atoms with Crippen LogP contribution in [-0.2, 0) is 11.4 Å². The van der Waals surface area contributed by atoms with E-state index in [4.69, 9.17) is 32.1 Å². The number of ether oxygens (including phenoxy) is 2. The van der Waals surface area contributed by atoms with E-state index in [1.165, 1.54) is 6.08 Å². The zero-order chi connectivity index (χ0) is 20.8. The zero-order valence-electron chi connectivity index (χ0n) is 15.8. The Hall–Kier alpha value is -3.49. The molecule has 3 aromatic rings. The van der Waals surface area contributed by atoms with E-state index in [1.807, 2.05) is 49.4 Å². The summed E-state index contributed by atoms with van der Waals surface area (Å²) in [7, 11) is 0. The van der Waals surface area contributed by atoms with Gasteiger partial charge in [0.25, 0.3) is 5.91 Å². The van der Waals surface area contributed by atoms with Crippen molar-refractivity contribution >= 4 is 34.4 Å². The van der Waals surface area contributed by atoms with Crippen LogP contribution in [0.4, 0.5) is 0 Å². The highest BCUT2D eigenvalue weighted by Gasteiger charge is 2.14. The summed E-state index contributed by atoms with van der Waals surface area (Å²) in [6.07, 6.45) is 1.37. The average molecular weight is 407 g/mol. The van der Waals surface area contributed by atoms with Crippen molar-refractivity contribution in [2.45, 2.75) is 13.5 Å². The number of nitriles is 1. The molecule has 0 aromatic heterocycles. The van der Waals surface area contributed by atoms with Crippen molar-refractivity contribution in [1.29, 1.82) is 5.26 Å². The molecule has 0 radical (unpaired) electrons. The number of carbonyl (C=O) groups is 1. The Morgan fingerprint density at radius 3 is 2.66 bits per heavy atom.